The summed E-state index contributed by atoms with van der Waals surface area (Å²) in [5, 5.41) is 3.21. The molecule has 1 rings (SSSR count). The predicted molar refractivity (Wildman–Crippen MR) is 63.0 cm³/mol. The maximum atomic E-state index is 5.66. The van der Waals surface area contributed by atoms with Gasteiger partial charge in [-0.15, -0.1) is 22.9 Å². The zero-order chi connectivity index (χ0) is 10.6. The minimum atomic E-state index is 0.528. The lowest BCUT2D eigenvalue weighted by Gasteiger charge is -2.15. The van der Waals surface area contributed by atoms with Crippen molar-refractivity contribution >= 4 is 22.9 Å². The molecule has 0 unspecified atom stereocenters. The van der Waals surface area contributed by atoms with Crippen molar-refractivity contribution < 1.29 is 0 Å². The molecule has 14 heavy (non-hydrogen) atoms. The van der Waals surface area contributed by atoms with Gasteiger partial charge in [0.2, 0.25) is 0 Å². The molecule has 0 aliphatic rings. The maximum Gasteiger partial charge on any atom is 0.0897 e. The van der Waals surface area contributed by atoms with E-state index in [1.54, 1.807) is 11.3 Å². The topological polar surface area (TPSA) is 16.1 Å². The van der Waals surface area contributed by atoms with Gasteiger partial charge < -0.3 is 0 Å². The summed E-state index contributed by atoms with van der Waals surface area (Å²) in [6, 6.07) is 0. The van der Waals surface area contributed by atoms with Crippen LogP contribution in [-0.4, -0.2) is 29.4 Å². The number of hydrogen-bond donors (Lipinski definition) is 0. The molecule has 4 heteroatoms. The fourth-order valence-corrected chi connectivity index (χ4v) is 1.93. The fourth-order valence-electron chi connectivity index (χ4n) is 1.24. The van der Waals surface area contributed by atoms with Crippen molar-refractivity contribution in [3.8, 4) is 0 Å². The number of aryl methyl sites for hydroxylation is 1. The maximum absolute atomic E-state index is 5.66. The van der Waals surface area contributed by atoms with Gasteiger partial charge in [-0.3, -0.25) is 4.90 Å². The van der Waals surface area contributed by atoms with E-state index < -0.39 is 0 Å². The molecule has 0 aliphatic heterocycles. The van der Waals surface area contributed by atoms with Crippen molar-refractivity contribution in [3.63, 3.8) is 0 Å². The van der Waals surface area contributed by atoms with Crippen LogP contribution >= 0.6 is 22.9 Å². The van der Waals surface area contributed by atoms with Crippen LogP contribution in [0.5, 0.6) is 0 Å². The number of hydrogen-bond acceptors (Lipinski definition) is 3. The summed E-state index contributed by atoms with van der Waals surface area (Å²) in [7, 11) is 2.05. The molecule has 0 radical (unpaired) electrons. The first-order chi connectivity index (χ1) is 6.61. The van der Waals surface area contributed by atoms with Crippen LogP contribution in [0.25, 0.3) is 0 Å². The van der Waals surface area contributed by atoms with E-state index in [1.165, 1.54) is 0 Å². The normalized spacial score (nSPS) is 10.9. The second-order valence-corrected chi connectivity index (χ2v) is 4.74. The molecule has 1 heterocycles. The van der Waals surface area contributed by atoms with Crippen molar-refractivity contribution in [1.82, 2.24) is 9.88 Å². The number of thiazole rings is 1. The highest BCUT2D eigenvalue weighted by Gasteiger charge is 2.04. The van der Waals surface area contributed by atoms with E-state index in [1.807, 2.05) is 14.0 Å². The minimum absolute atomic E-state index is 0.528. The number of halogens is 1. The molecule has 0 saturated heterocycles. The molecule has 0 aromatic carbocycles. The minimum Gasteiger partial charge on any atom is -0.297 e. The van der Waals surface area contributed by atoms with Gasteiger partial charge in [0.1, 0.15) is 0 Å². The summed E-state index contributed by atoms with van der Waals surface area (Å²) in [6.07, 6.45) is 0. The van der Waals surface area contributed by atoms with Gasteiger partial charge in [0.05, 0.1) is 10.7 Å². The first-order valence-electron chi connectivity index (χ1n) is 4.44. The summed E-state index contributed by atoms with van der Waals surface area (Å²) >= 11 is 7.35. The van der Waals surface area contributed by atoms with Crippen molar-refractivity contribution in [2.24, 2.45) is 0 Å². The van der Waals surface area contributed by atoms with Gasteiger partial charge in [-0.1, -0.05) is 6.58 Å². The average Bonchev–Trinajstić information content (AvgIpc) is 2.50. The molecule has 0 N–H and O–H groups in total. The highest BCUT2D eigenvalue weighted by Crippen LogP contribution is 2.10. The van der Waals surface area contributed by atoms with E-state index in [0.29, 0.717) is 5.88 Å². The highest BCUT2D eigenvalue weighted by atomic mass is 35.5. The molecule has 0 bridgehead atoms. The third-order valence-electron chi connectivity index (χ3n) is 1.78. The van der Waals surface area contributed by atoms with Crippen molar-refractivity contribution in [1.29, 1.82) is 0 Å². The van der Waals surface area contributed by atoms with Gasteiger partial charge in [0, 0.05) is 24.3 Å². The van der Waals surface area contributed by atoms with Crippen LogP contribution in [0.15, 0.2) is 17.5 Å². The van der Waals surface area contributed by atoms with Gasteiger partial charge in [0.25, 0.3) is 0 Å². The number of rotatable bonds is 5. The number of aromatic nitrogens is 1. The van der Waals surface area contributed by atoms with Crippen LogP contribution in [0.3, 0.4) is 0 Å². The molecular formula is C10H15ClN2S. The summed E-state index contributed by atoms with van der Waals surface area (Å²) in [5.74, 6) is 0.528. The van der Waals surface area contributed by atoms with E-state index >= 15 is 0 Å². The van der Waals surface area contributed by atoms with Gasteiger partial charge in [-0.2, -0.15) is 0 Å². The zero-order valence-corrected chi connectivity index (χ0v) is 10.2. The third-order valence-corrected chi connectivity index (χ3v) is 2.98. The standard InChI is InChI=1S/C10H15ClN2S/c1-8(4-11)5-13(3)6-10-7-14-9(2)12-10/h7H,1,4-6H2,2-3H3. The molecule has 0 saturated carbocycles. The Balaban J connectivity index is 2.41. The van der Waals surface area contributed by atoms with Gasteiger partial charge in [0.15, 0.2) is 0 Å². The Bertz CT molecular complexity index is 309. The molecule has 0 aliphatic carbocycles. The Morgan fingerprint density at radius 2 is 2.43 bits per heavy atom. The predicted octanol–water partition coefficient (Wildman–Crippen LogP) is 2.68. The number of nitrogens with zero attached hydrogens (tertiary/aromatic N) is 2. The van der Waals surface area contributed by atoms with Crippen LogP contribution in [-0.2, 0) is 6.54 Å². The molecule has 2 nitrogen and oxygen atoms in total. The van der Waals surface area contributed by atoms with Crippen molar-refractivity contribution in [2.45, 2.75) is 13.5 Å². The summed E-state index contributed by atoms with van der Waals surface area (Å²) in [4.78, 5) is 6.56. The summed E-state index contributed by atoms with van der Waals surface area (Å²) < 4.78 is 0. The molecular weight excluding hydrogens is 216 g/mol. The summed E-state index contributed by atoms with van der Waals surface area (Å²) in [5.41, 5.74) is 2.17. The highest BCUT2D eigenvalue weighted by molar-refractivity contribution is 7.09. The molecule has 78 valence electrons. The van der Waals surface area contributed by atoms with E-state index in [0.717, 1.165) is 29.4 Å². The first kappa shape index (κ1) is 11.7. The quantitative estimate of drug-likeness (QED) is 0.571. The molecule has 0 amide bonds. The van der Waals surface area contributed by atoms with E-state index in [9.17, 15) is 0 Å². The Hall–Kier alpha value is -0.380. The Labute approximate surface area is 94.2 Å². The lowest BCUT2D eigenvalue weighted by Crippen LogP contribution is -2.20. The second kappa shape index (κ2) is 5.49. The second-order valence-electron chi connectivity index (χ2n) is 3.41. The van der Waals surface area contributed by atoms with E-state index in [2.05, 4.69) is 21.8 Å². The molecule has 1 aromatic rings. The lowest BCUT2D eigenvalue weighted by molar-refractivity contribution is 0.352. The third kappa shape index (κ3) is 3.78. The Morgan fingerprint density at radius 1 is 1.71 bits per heavy atom. The Kier molecular flexibility index (Phi) is 4.58. The molecule has 0 fully saturated rings. The van der Waals surface area contributed by atoms with Gasteiger partial charge >= 0.3 is 0 Å². The van der Waals surface area contributed by atoms with E-state index in [4.69, 9.17) is 11.6 Å². The van der Waals surface area contributed by atoms with Gasteiger partial charge in [-0.05, 0) is 19.5 Å². The monoisotopic (exact) mass is 230 g/mol. The van der Waals surface area contributed by atoms with E-state index in [-0.39, 0.29) is 0 Å². The van der Waals surface area contributed by atoms with Crippen molar-refractivity contribution in [2.75, 3.05) is 19.5 Å². The van der Waals surface area contributed by atoms with Crippen molar-refractivity contribution in [3.05, 3.63) is 28.2 Å². The fraction of sp³-hybridized carbons (Fsp3) is 0.500. The number of likely N-dealkylation sites (N-methyl/N-ethyl adjacent to an activating group) is 1. The van der Waals surface area contributed by atoms with Crippen LogP contribution in [0.2, 0.25) is 0 Å². The first-order valence-corrected chi connectivity index (χ1v) is 5.85. The van der Waals surface area contributed by atoms with Gasteiger partial charge in [-0.25, -0.2) is 4.98 Å². The summed E-state index contributed by atoms with van der Waals surface area (Å²) in [6.45, 7) is 7.58. The molecule has 1 aromatic heterocycles. The molecule has 0 spiro atoms. The van der Waals surface area contributed by atoms with Crippen LogP contribution in [0.1, 0.15) is 10.7 Å². The smallest absolute Gasteiger partial charge is 0.0897 e. The average molecular weight is 231 g/mol. The number of alkyl halides is 1. The van der Waals surface area contributed by atoms with Crippen LogP contribution in [0.4, 0.5) is 0 Å². The zero-order valence-electron chi connectivity index (χ0n) is 8.59. The van der Waals surface area contributed by atoms with Crippen LogP contribution in [0, 0.1) is 6.92 Å². The Morgan fingerprint density at radius 3 is 2.93 bits per heavy atom. The SMILES string of the molecule is C=C(CCl)CN(C)Cc1csc(C)n1. The lowest BCUT2D eigenvalue weighted by atomic mass is 10.3. The molecule has 0 atom stereocenters. The largest absolute Gasteiger partial charge is 0.297 e. The van der Waals surface area contributed by atoms with Crippen LogP contribution < -0.4 is 0 Å².